The molecule has 2 heteroatoms. The van der Waals surface area contributed by atoms with Crippen LogP contribution >= 0.6 is 0 Å². The maximum Gasteiger partial charge on any atom is 0.254 e. The van der Waals surface area contributed by atoms with Gasteiger partial charge in [0.25, 0.3) is 5.91 Å². The van der Waals surface area contributed by atoms with Crippen LogP contribution in [0, 0.1) is 0 Å². The van der Waals surface area contributed by atoms with E-state index in [1.807, 2.05) is 35.2 Å². The summed E-state index contributed by atoms with van der Waals surface area (Å²) in [6.07, 6.45) is 6.24. The lowest BCUT2D eigenvalue weighted by molar-refractivity contribution is 0.0746. The van der Waals surface area contributed by atoms with E-state index in [0.717, 1.165) is 42.3 Å². The molecule has 0 atom stereocenters. The van der Waals surface area contributed by atoms with E-state index in [9.17, 15) is 4.79 Å². The Morgan fingerprint density at radius 1 is 0.636 bits per heavy atom. The van der Waals surface area contributed by atoms with Gasteiger partial charge in [-0.2, -0.15) is 0 Å². The molecule has 2 aliphatic rings. The molecule has 4 aromatic carbocycles. The highest BCUT2D eigenvalue weighted by Crippen LogP contribution is 2.39. The summed E-state index contributed by atoms with van der Waals surface area (Å²) in [5.74, 6) is 0.138. The molecule has 33 heavy (non-hydrogen) atoms. The summed E-state index contributed by atoms with van der Waals surface area (Å²) in [6.45, 7) is 1.50. The van der Waals surface area contributed by atoms with Crippen molar-refractivity contribution in [3.05, 3.63) is 124 Å². The number of carbonyl (C=O) groups excluding carboxylic acids is 1. The van der Waals surface area contributed by atoms with Gasteiger partial charge in [-0.25, -0.2) is 0 Å². The molecule has 1 heterocycles. The maximum absolute atomic E-state index is 13.4. The normalized spacial score (nSPS) is 15.2. The number of amides is 1. The van der Waals surface area contributed by atoms with Crippen molar-refractivity contribution in [2.75, 3.05) is 13.1 Å². The summed E-state index contributed by atoms with van der Waals surface area (Å²) in [5.41, 5.74) is 8.70. The van der Waals surface area contributed by atoms with Crippen molar-refractivity contribution < 1.29 is 4.79 Å². The van der Waals surface area contributed by atoms with Crippen molar-refractivity contribution in [2.45, 2.75) is 12.8 Å². The van der Waals surface area contributed by atoms with Gasteiger partial charge < -0.3 is 4.90 Å². The minimum atomic E-state index is 0.138. The molecule has 0 saturated carbocycles. The van der Waals surface area contributed by atoms with Gasteiger partial charge >= 0.3 is 0 Å². The second-order valence-corrected chi connectivity index (χ2v) is 8.81. The predicted octanol–water partition coefficient (Wildman–Crippen LogP) is 7.06. The topological polar surface area (TPSA) is 20.3 Å². The first-order chi connectivity index (χ1) is 16.3. The van der Waals surface area contributed by atoms with Crippen LogP contribution in [-0.2, 0) is 0 Å². The highest BCUT2D eigenvalue weighted by molar-refractivity contribution is 6.07. The number of likely N-dealkylation sites (tertiary alicyclic amines) is 1. The SMILES string of the molecule is O=C(c1cccc2ccccc12)N1CCC(=C2c3ccccc3C=Cc3ccccc32)CC1. The summed E-state index contributed by atoms with van der Waals surface area (Å²) in [5, 5.41) is 2.15. The fourth-order valence-corrected chi connectivity index (χ4v) is 5.26. The summed E-state index contributed by atoms with van der Waals surface area (Å²) in [7, 11) is 0. The van der Waals surface area contributed by atoms with Gasteiger partial charge in [-0.3, -0.25) is 4.79 Å². The molecule has 1 fully saturated rings. The van der Waals surface area contributed by atoms with E-state index in [-0.39, 0.29) is 5.91 Å². The van der Waals surface area contributed by atoms with E-state index >= 15 is 0 Å². The van der Waals surface area contributed by atoms with Crippen molar-refractivity contribution >= 4 is 34.4 Å². The zero-order valence-corrected chi connectivity index (χ0v) is 18.5. The van der Waals surface area contributed by atoms with E-state index in [1.165, 1.54) is 33.4 Å². The third-order valence-corrected chi connectivity index (χ3v) is 6.93. The van der Waals surface area contributed by atoms with Crippen LogP contribution in [0.3, 0.4) is 0 Å². The van der Waals surface area contributed by atoms with Crippen LogP contribution in [0.5, 0.6) is 0 Å². The number of hydrogen-bond donors (Lipinski definition) is 0. The Bertz CT molecular complexity index is 1380. The van der Waals surface area contributed by atoms with Crippen molar-refractivity contribution in [3.63, 3.8) is 0 Å². The number of carbonyl (C=O) groups is 1. The van der Waals surface area contributed by atoms with E-state index < -0.39 is 0 Å². The van der Waals surface area contributed by atoms with Gasteiger partial charge in [0.2, 0.25) is 0 Å². The van der Waals surface area contributed by atoms with Gasteiger partial charge in [-0.1, -0.05) is 103 Å². The number of hydrogen-bond acceptors (Lipinski definition) is 1. The lowest BCUT2D eigenvalue weighted by Crippen LogP contribution is -2.36. The van der Waals surface area contributed by atoms with Crippen molar-refractivity contribution in [2.24, 2.45) is 0 Å². The summed E-state index contributed by atoms with van der Waals surface area (Å²) in [4.78, 5) is 15.5. The zero-order valence-electron chi connectivity index (χ0n) is 18.5. The Balaban J connectivity index is 1.35. The van der Waals surface area contributed by atoms with Crippen molar-refractivity contribution in [3.8, 4) is 0 Å². The van der Waals surface area contributed by atoms with Gasteiger partial charge in [0.1, 0.15) is 0 Å². The molecule has 4 aromatic rings. The van der Waals surface area contributed by atoms with Gasteiger partial charge in [0.15, 0.2) is 0 Å². The predicted molar refractivity (Wildman–Crippen MR) is 137 cm³/mol. The monoisotopic (exact) mass is 427 g/mol. The molecule has 0 spiro atoms. The van der Waals surface area contributed by atoms with Crippen LogP contribution < -0.4 is 0 Å². The maximum atomic E-state index is 13.4. The molecular weight excluding hydrogens is 402 g/mol. The number of benzene rings is 4. The smallest absolute Gasteiger partial charge is 0.254 e. The van der Waals surface area contributed by atoms with Crippen LogP contribution in [0.25, 0.3) is 28.5 Å². The molecule has 0 N–H and O–H groups in total. The van der Waals surface area contributed by atoms with E-state index in [2.05, 4.69) is 72.8 Å². The molecule has 1 saturated heterocycles. The lowest BCUT2D eigenvalue weighted by Gasteiger charge is -2.31. The average molecular weight is 428 g/mol. The number of nitrogens with zero attached hydrogens (tertiary/aromatic N) is 1. The number of fused-ring (bicyclic) bond motifs is 3. The first kappa shape index (κ1) is 19.8. The second kappa shape index (κ2) is 8.22. The minimum absolute atomic E-state index is 0.138. The third kappa shape index (κ3) is 3.48. The third-order valence-electron chi connectivity index (χ3n) is 6.93. The fourth-order valence-electron chi connectivity index (χ4n) is 5.26. The fraction of sp³-hybridized carbons (Fsp3) is 0.129. The molecule has 0 radical (unpaired) electrons. The first-order valence-corrected chi connectivity index (χ1v) is 11.7. The molecular formula is C31H25NO. The Morgan fingerprint density at radius 3 is 1.91 bits per heavy atom. The van der Waals surface area contributed by atoms with Crippen LogP contribution in [-0.4, -0.2) is 23.9 Å². The summed E-state index contributed by atoms with van der Waals surface area (Å²) in [6, 6.07) is 31.5. The molecule has 0 bridgehead atoms. The molecule has 0 aromatic heterocycles. The van der Waals surface area contributed by atoms with E-state index in [0.29, 0.717) is 0 Å². The molecule has 1 amide bonds. The summed E-state index contributed by atoms with van der Waals surface area (Å²) < 4.78 is 0. The minimum Gasteiger partial charge on any atom is -0.338 e. The number of piperidine rings is 1. The zero-order chi connectivity index (χ0) is 22.2. The Morgan fingerprint density at radius 2 is 1.21 bits per heavy atom. The van der Waals surface area contributed by atoms with Gasteiger partial charge in [-0.05, 0) is 57.5 Å². The Kier molecular flexibility index (Phi) is 4.92. The molecule has 1 aliphatic carbocycles. The van der Waals surface area contributed by atoms with E-state index in [4.69, 9.17) is 0 Å². The second-order valence-electron chi connectivity index (χ2n) is 8.81. The molecule has 6 rings (SSSR count). The molecule has 160 valence electrons. The lowest BCUT2D eigenvalue weighted by atomic mass is 9.86. The number of rotatable bonds is 1. The largest absolute Gasteiger partial charge is 0.338 e. The van der Waals surface area contributed by atoms with Crippen LogP contribution in [0.4, 0.5) is 0 Å². The van der Waals surface area contributed by atoms with Crippen molar-refractivity contribution in [1.29, 1.82) is 0 Å². The average Bonchev–Trinajstić information content (AvgIpc) is 3.05. The standard InChI is InChI=1S/C31H25NO/c33-31(29-15-7-11-22-8-1-4-12-26(22)29)32-20-18-25(19-21-32)30-27-13-5-2-9-23(27)16-17-24-10-3-6-14-28(24)30/h1-17H,18-21H2. The van der Waals surface area contributed by atoms with Gasteiger partial charge in [0.05, 0.1) is 0 Å². The highest BCUT2D eigenvalue weighted by atomic mass is 16.2. The van der Waals surface area contributed by atoms with Gasteiger partial charge in [-0.15, -0.1) is 0 Å². The van der Waals surface area contributed by atoms with Crippen molar-refractivity contribution in [1.82, 2.24) is 4.90 Å². The Labute approximate surface area is 194 Å². The first-order valence-electron chi connectivity index (χ1n) is 11.7. The quantitative estimate of drug-likeness (QED) is 0.280. The van der Waals surface area contributed by atoms with E-state index in [1.54, 1.807) is 0 Å². The molecule has 1 aliphatic heterocycles. The molecule has 0 unspecified atom stereocenters. The van der Waals surface area contributed by atoms with Crippen LogP contribution in [0.1, 0.15) is 45.5 Å². The van der Waals surface area contributed by atoms with Crippen LogP contribution in [0.15, 0.2) is 96.6 Å². The Hall–Kier alpha value is -3.91. The highest BCUT2D eigenvalue weighted by Gasteiger charge is 2.25. The van der Waals surface area contributed by atoms with Crippen LogP contribution in [0.2, 0.25) is 0 Å². The summed E-state index contributed by atoms with van der Waals surface area (Å²) >= 11 is 0. The molecule has 2 nitrogen and oxygen atoms in total. The van der Waals surface area contributed by atoms with Gasteiger partial charge in [0, 0.05) is 18.7 Å².